The summed E-state index contributed by atoms with van der Waals surface area (Å²) >= 11 is 0. The molecule has 0 aliphatic heterocycles. The fourth-order valence-electron chi connectivity index (χ4n) is 1.74. The first kappa shape index (κ1) is 11.7. The van der Waals surface area contributed by atoms with Crippen LogP contribution in [0.25, 0.3) is 11.3 Å². The molecule has 90 valence electrons. The quantitative estimate of drug-likeness (QED) is 0.869. The third-order valence-electron chi connectivity index (χ3n) is 2.85. The summed E-state index contributed by atoms with van der Waals surface area (Å²) in [7, 11) is 1.84. The van der Waals surface area contributed by atoms with Crippen LogP contribution in [0.5, 0.6) is 0 Å². The smallest absolute Gasteiger partial charge is 0.159 e. The number of nitrogens with zero attached hydrogens (tertiary/aromatic N) is 2. The van der Waals surface area contributed by atoms with E-state index in [-0.39, 0.29) is 0 Å². The van der Waals surface area contributed by atoms with E-state index in [9.17, 15) is 8.78 Å². The second-order valence-corrected chi connectivity index (χ2v) is 3.85. The predicted molar refractivity (Wildman–Crippen MR) is 61.2 cm³/mol. The van der Waals surface area contributed by atoms with Crippen LogP contribution in [0.3, 0.4) is 0 Å². The lowest BCUT2D eigenvalue weighted by Crippen LogP contribution is -2.05. The van der Waals surface area contributed by atoms with Gasteiger partial charge in [-0.25, -0.2) is 13.8 Å². The van der Waals surface area contributed by atoms with Gasteiger partial charge in [0.1, 0.15) is 5.82 Å². The van der Waals surface area contributed by atoms with Gasteiger partial charge in [0.15, 0.2) is 11.6 Å². The zero-order valence-electron chi connectivity index (χ0n) is 9.67. The van der Waals surface area contributed by atoms with Crippen molar-refractivity contribution in [3.63, 3.8) is 0 Å². The van der Waals surface area contributed by atoms with Crippen molar-refractivity contribution in [1.29, 1.82) is 0 Å². The van der Waals surface area contributed by atoms with E-state index in [4.69, 9.17) is 5.73 Å². The largest absolute Gasteiger partial charge is 0.334 e. The summed E-state index contributed by atoms with van der Waals surface area (Å²) in [6.45, 7) is 2.17. The molecule has 0 spiro atoms. The lowest BCUT2D eigenvalue weighted by atomic mass is 10.1. The molecule has 0 unspecified atom stereocenters. The number of rotatable bonds is 2. The molecule has 2 aromatic rings. The average molecular weight is 237 g/mol. The highest BCUT2D eigenvalue weighted by molar-refractivity contribution is 5.62. The Hall–Kier alpha value is -1.75. The van der Waals surface area contributed by atoms with E-state index < -0.39 is 11.6 Å². The van der Waals surface area contributed by atoms with Gasteiger partial charge in [-0.3, -0.25) is 0 Å². The molecule has 0 radical (unpaired) electrons. The Morgan fingerprint density at radius 2 is 2.00 bits per heavy atom. The highest BCUT2D eigenvalue weighted by Gasteiger charge is 2.13. The number of nitrogens with two attached hydrogens (primary N) is 1. The third kappa shape index (κ3) is 1.93. The van der Waals surface area contributed by atoms with Gasteiger partial charge in [0.05, 0.1) is 12.2 Å². The van der Waals surface area contributed by atoms with Crippen LogP contribution in [-0.4, -0.2) is 9.55 Å². The summed E-state index contributed by atoms with van der Waals surface area (Å²) in [6.07, 6.45) is 0. The maximum Gasteiger partial charge on any atom is 0.159 e. The lowest BCUT2D eigenvalue weighted by Gasteiger charge is -2.01. The summed E-state index contributed by atoms with van der Waals surface area (Å²) in [5, 5.41) is 0. The van der Waals surface area contributed by atoms with E-state index in [2.05, 4.69) is 4.98 Å². The van der Waals surface area contributed by atoms with Gasteiger partial charge in [-0.15, -0.1) is 0 Å². The number of hydrogen-bond donors (Lipinski definition) is 1. The Morgan fingerprint density at radius 1 is 1.29 bits per heavy atom. The molecule has 0 atom stereocenters. The molecular weight excluding hydrogens is 224 g/mol. The second kappa shape index (κ2) is 4.25. The minimum Gasteiger partial charge on any atom is -0.334 e. The SMILES string of the molecule is Cc1c(-c2ccc(F)c(F)c2)nc(CN)n1C. The van der Waals surface area contributed by atoms with Gasteiger partial charge in [0.25, 0.3) is 0 Å². The van der Waals surface area contributed by atoms with Crippen LogP contribution in [0.4, 0.5) is 8.78 Å². The first-order valence-electron chi connectivity index (χ1n) is 5.22. The predicted octanol–water partition coefficient (Wildman–Crippen LogP) is 2.13. The number of imidazole rings is 1. The van der Waals surface area contributed by atoms with Crippen molar-refractivity contribution in [2.45, 2.75) is 13.5 Å². The molecule has 0 amide bonds. The van der Waals surface area contributed by atoms with Crippen molar-refractivity contribution < 1.29 is 8.78 Å². The molecule has 17 heavy (non-hydrogen) atoms. The Morgan fingerprint density at radius 3 is 2.53 bits per heavy atom. The van der Waals surface area contributed by atoms with Crippen LogP contribution < -0.4 is 5.73 Å². The van der Waals surface area contributed by atoms with Crippen molar-refractivity contribution >= 4 is 0 Å². The van der Waals surface area contributed by atoms with Gasteiger partial charge in [0.2, 0.25) is 0 Å². The monoisotopic (exact) mass is 237 g/mol. The summed E-state index contributed by atoms with van der Waals surface area (Å²) < 4.78 is 27.8. The van der Waals surface area contributed by atoms with E-state index in [1.54, 1.807) is 0 Å². The van der Waals surface area contributed by atoms with E-state index >= 15 is 0 Å². The number of benzene rings is 1. The third-order valence-corrected chi connectivity index (χ3v) is 2.85. The minimum atomic E-state index is -0.873. The van der Waals surface area contributed by atoms with E-state index in [0.717, 1.165) is 17.8 Å². The van der Waals surface area contributed by atoms with Crippen molar-refractivity contribution in [3.8, 4) is 11.3 Å². The van der Waals surface area contributed by atoms with Crippen LogP contribution in [0.15, 0.2) is 18.2 Å². The second-order valence-electron chi connectivity index (χ2n) is 3.85. The average Bonchev–Trinajstić information content (AvgIpc) is 2.60. The first-order valence-corrected chi connectivity index (χ1v) is 5.22. The summed E-state index contributed by atoms with van der Waals surface area (Å²) in [6, 6.07) is 3.75. The Kier molecular flexibility index (Phi) is 2.93. The molecule has 5 heteroatoms. The molecule has 3 nitrogen and oxygen atoms in total. The van der Waals surface area contributed by atoms with E-state index in [0.29, 0.717) is 23.6 Å². The van der Waals surface area contributed by atoms with Gasteiger partial charge in [-0.05, 0) is 25.1 Å². The minimum absolute atomic E-state index is 0.307. The van der Waals surface area contributed by atoms with Gasteiger partial charge < -0.3 is 10.3 Å². The molecule has 1 aromatic heterocycles. The molecule has 0 saturated carbocycles. The van der Waals surface area contributed by atoms with Crippen molar-refractivity contribution in [1.82, 2.24) is 9.55 Å². The highest BCUT2D eigenvalue weighted by atomic mass is 19.2. The van der Waals surface area contributed by atoms with Crippen LogP contribution in [0.1, 0.15) is 11.5 Å². The van der Waals surface area contributed by atoms with Crippen molar-refractivity contribution in [2.75, 3.05) is 0 Å². The zero-order chi connectivity index (χ0) is 12.6. The van der Waals surface area contributed by atoms with Gasteiger partial charge in [0, 0.05) is 18.3 Å². The summed E-state index contributed by atoms with van der Waals surface area (Å²) in [4.78, 5) is 4.32. The van der Waals surface area contributed by atoms with Crippen molar-refractivity contribution in [3.05, 3.63) is 41.4 Å². The standard InChI is InChI=1S/C12H13F2N3/c1-7-12(16-11(6-15)17(7)2)8-3-4-9(13)10(14)5-8/h3-5H,6,15H2,1-2H3. The normalized spacial score (nSPS) is 10.9. The van der Waals surface area contributed by atoms with Gasteiger partial charge >= 0.3 is 0 Å². The molecule has 0 aliphatic carbocycles. The molecular formula is C12H13F2N3. The number of halogens is 2. The Balaban J connectivity index is 2.56. The molecule has 0 fully saturated rings. The molecule has 2 rings (SSSR count). The lowest BCUT2D eigenvalue weighted by molar-refractivity contribution is 0.509. The van der Waals surface area contributed by atoms with Crippen LogP contribution in [-0.2, 0) is 13.6 Å². The molecule has 0 saturated heterocycles. The Labute approximate surface area is 97.9 Å². The maximum absolute atomic E-state index is 13.2. The molecule has 1 heterocycles. The summed E-state index contributed by atoms with van der Waals surface area (Å²) in [5.41, 5.74) is 7.60. The van der Waals surface area contributed by atoms with Crippen LogP contribution >= 0.6 is 0 Å². The Bertz CT molecular complexity index is 561. The van der Waals surface area contributed by atoms with Crippen LogP contribution in [0.2, 0.25) is 0 Å². The molecule has 0 aliphatic rings. The fourth-order valence-corrected chi connectivity index (χ4v) is 1.74. The highest BCUT2D eigenvalue weighted by Crippen LogP contribution is 2.24. The maximum atomic E-state index is 13.2. The number of aromatic nitrogens is 2. The topological polar surface area (TPSA) is 43.8 Å². The fraction of sp³-hybridized carbons (Fsp3) is 0.250. The summed E-state index contributed by atoms with van der Waals surface area (Å²) in [5.74, 6) is -1.02. The zero-order valence-corrected chi connectivity index (χ0v) is 9.67. The molecule has 0 bridgehead atoms. The first-order chi connectivity index (χ1) is 8.04. The van der Waals surface area contributed by atoms with Gasteiger partial charge in [-0.2, -0.15) is 0 Å². The van der Waals surface area contributed by atoms with Crippen LogP contribution in [0, 0.1) is 18.6 Å². The van der Waals surface area contributed by atoms with E-state index in [1.165, 1.54) is 6.07 Å². The molecule has 2 N–H and O–H groups in total. The van der Waals surface area contributed by atoms with Crippen molar-refractivity contribution in [2.24, 2.45) is 12.8 Å². The van der Waals surface area contributed by atoms with E-state index in [1.807, 2.05) is 18.5 Å². The molecule has 1 aromatic carbocycles. The number of hydrogen-bond acceptors (Lipinski definition) is 2. The van der Waals surface area contributed by atoms with Gasteiger partial charge in [-0.1, -0.05) is 0 Å².